The normalized spacial score (nSPS) is 16.6. The summed E-state index contributed by atoms with van der Waals surface area (Å²) in [6, 6.07) is 9.36. The van der Waals surface area contributed by atoms with E-state index in [4.69, 9.17) is 11.6 Å². The Labute approximate surface area is 156 Å². The Kier molecular flexibility index (Phi) is 5.15. The van der Waals surface area contributed by atoms with Gasteiger partial charge in [-0.05, 0) is 36.4 Å². The summed E-state index contributed by atoms with van der Waals surface area (Å²) >= 11 is 7.08. The predicted molar refractivity (Wildman–Crippen MR) is 94.4 cm³/mol. The molecule has 0 fully saturated rings. The van der Waals surface area contributed by atoms with Gasteiger partial charge in [-0.2, -0.15) is 13.2 Å². The van der Waals surface area contributed by atoms with E-state index in [1.807, 2.05) is 0 Å². The average molecular weight is 401 g/mol. The molecule has 0 saturated carbocycles. The van der Waals surface area contributed by atoms with Crippen LogP contribution in [0.3, 0.4) is 0 Å². The molecule has 1 aliphatic heterocycles. The summed E-state index contributed by atoms with van der Waals surface area (Å²) in [4.78, 5) is 25.1. The summed E-state index contributed by atoms with van der Waals surface area (Å²) < 4.78 is 38.2. The number of rotatable bonds is 3. The molecule has 0 radical (unpaired) electrons. The lowest BCUT2D eigenvalue weighted by Gasteiger charge is -2.23. The number of thioether (sulfide) groups is 1. The first-order chi connectivity index (χ1) is 12.2. The van der Waals surface area contributed by atoms with Crippen molar-refractivity contribution < 1.29 is 22.8 Å². The van der Waals surface area contributed by atoms with Gasteiger partial charge in [-0.1, -0.05) is 17.7 Å². The molecule has 0 bridgehead atoms. The summed E-state index contributed by atoms with van der Waals surface area (Å²) in [6.07, 6.45) is -4.67. The molecular formula is C17H12ClF3N2O2S. The van der Waals surface area contributed by atoms with Crippen molar-refractivity contribution >= 4 is 46.6 Å². The molecule has 1 atom stereocenters. The highest BCUT2D eigenvalue weighted by atomic mass is 35.5. The third-order valence-corrected chi connectivity index (χ3v) is 5.12. The van der Waals surface area contributed by atoms with Crippen LogP contribution < -0.4 is 10.6 Å². The molecule has 2 aromatic rings. The van der Waals surface area contributed by atoms with Crippen molar-refractivity contribution in [2.75, 3.05) is 10.6 Å². The first-order valence-electron chi connectivity index (χ1n) is 7.46. The van der Waals surface area contributed by atoms with Crippen LogP contribution in [-0.2, 0) is 15.8 Å². The first-order valence-corrected chi connectivity index (χ1v) is 8.72. The Hall–Kier alpha value is -2.19. The van der Waals surface area contributed by atoms with Crippen LogP contribution >= 0.6 is 23.4 Å². The topological polar surface area (TPSA) is 58.2 Å². The maximum atomic E-state index is 12.7. The third-order valence-electron chi connectivity index (χ3n) is 3.61. The smallest absolute Gasteiger partial charge is 0.326 e. The van der Waals surface area contributed by atoms with Gasteiger partial charge in [-0.25, -0.2) is 0 Å². The molecule has 1 unspecified atom stereocenters. The number of alkyl halides is 3. The second-order valence-electron chi connectivity index (χ2n) is 5.57. The number of carbonyl (C=O) groups is 2. The highest BCUT2D eigenvalue weighted by Crippen LogP contribution is 2.38. The zero-order valence-corrected chi connectivity index (χ0v) is 14.6. The van der Waals surface area contributed by atoms with Crippen molar-refractivity contribution in [1.29, 1.82) is 0 Å². The quantitative estimate of drug-likeness (QED) is 0.778. The summed E-state index contributed by atoms with van der Waals surface area (Å²) in [5, 5.41) is 4.87. The lowest BCUT2D eigenvalue weighted by molar-refractivity contribution is -0.137. The minimum Gasteiger partial charge on any atom is -0.326 e. The number of benzene rings is 2. The Morgan fingerprint density at radius 3 is 2.73 bits per heavy atom. The van der Waals surface area contributed by atoms with E-state index >= 15 is 0 Å². The lowest BCUT2D eigenvalue weighted by atomic mass is 10.2. The van der Waals surface area contributed by atoms with Gasteiger partial charge in [0.1, 0.15) is 0 Å². The maximum Gasteiger partial charge on any atom is 0.416 e. The molecule has 9 heteroatoms. The Morgan fingerprint density at radius 1 is 1.23 bits per heavy atom. The number of fused-ring (bicyclic) bond motifs is 1. The minimum absolute atomic E-state index is 0.0261. The molecule has 136 valence electrons. The van der Waals surface area contributed by atoms with Crippen LogP contribution in [0.1, 0.15) is 12.0 Å². The number of nitrogens with one attached hydrogen (secondary N) is 2. The van der Waals surface area contributed by atoms with E-state index in [2.05, 4.69) is 10.6 Å². The van der Waals surface area contributed by atoms with Gasteiger partial charge in [-0.3, -0.25) is 9.59 Å². The molecular weight excluding hydrogens is 389 g/mol. The van der Waals surface area contributed by atoms with Gasteiger partial charge >= 0.3 is 6.18 Å². The van der Waals surface area contributed by atoms with Crippen LogP contribution in [0.15, 0.2) is 47.4 Å². The van der Waals surface area contributed by atoms with Gasteiger partial charge in [0, 0.05) is 22.0 Å². The standard InChI is InChI=1S/C17H12ClF3N2O2S/c18-10-4-5-13-12(7-10)23-16(25)14(26-13)8-15(24)22-11-3-1-2-9(6-11)17(19,20)21/h1-7,14H,8H2,(H,22,24)(H,23,25). The molecule has 0 spiro atoms. The molecule has 1 aliphatic rings. The molecule has 0 aliphatic carbocycles. The van der Waals surface area contributed by atoms with Crippen molar-refractivity contribution in [1.82, 2.24) is 0 Å². The molecule has 4 nitrogen and oxygen atoms in total. The Morgan fingerprint density at radius 2 is 2.00 bits per heavy atom. The molecule has 1 heterocycles. The monoisotopic (exact) mass is 400 g/mol. The maximum absolute atomic E-state index is 12.7. The number of hydrogen-bond acceptors (Lipinski definition) is 3. The van der Waals surface area contributed by atoms with E-state index in [-0.39, 0.29) is 18.0 Å². The zero-order chi connectivity index (χ0) is 18.9. The van der Waals surface area contributed by atoms with Gasteiger partial charge in [-0.15, -0.1) is 11.8 Å². The minimum atomic E-state index is -4.50. The number of halogens is 4. The second kappa shape index (κ2) is 7.20. The van der Waals surface area contributed by atoms with E-state index in [0.29, 0.717) is 10.7 Å². The van der Waals surface area contributed by atoms with E-state index in [9.17, 15) is 22.8 Å². The van der Waals surface area contributed by atoms with Crippen LogP contribution in [0.2, 0.25) is 5.02 Å². The summed E-state index contributed by atoms with van der Waals surface area (Å²) in [7, 11) is 0. The molecule has 3 rings (SSSR count). The lowest BCUT2D eigenvalue weighted by Crippen LogP contribution is -2.32. The van der Waals surface area contributed by atoms with Crippen LogP contribution in [0, 0.1) is 0 Å². The molecule has 2 amide bonds. The number of amides is 2. The zero-order valence-electron chi connectivity index (χ0n) is 13.1. The summed E-state index contributed by atoms with van der Waals surface area (Å²) in [5.41, 5.74) is -0.258. The van der Waals surface area contributed by atoms with Crippen molar-refractivity contribution in [3.05, 3.63) is 53.1 Å². The first kappa shape index (κ1) is 18.6. The second-order valence-corrected chi connectivity index (χ2v) is 7.25. The average Bonchev–Trinajstić information content (AvgIpc) is 2.55. The highest BCUT2D eigenvalue weighted by Gasteiger charge is 2.31. The highest BCUT2D eigenvalue weighted by molar-refractivity contribution is 8.01. The van der Waals surface area contributed by atoms with Gasteiger partial charge < -0.3 is 10.6 Å². The predicted octanol–water partition coefficient (Wildman–Crippen LogP) is 4.80. The van der Waals surface area contributed by atoms with E-state index in [0.717, 1.165) is 17.0 Å². The fourth-order valence-electron chi connectivity index (χ4n) is 2.41. The van der Waals surface area contributed by atoms with E-state index in [1.165, 1.54) is 23.9 Å². The third kappa shape index (κ3) is 4.31. The van der Waals surface area contributed by atoms with Gasteiger partial charge in [0.05, 0.1) is 16.5 Å². The van der Waals surface area contributed by atoms with E-state index < -0.39 is 22.9 Å². The summed E-state index contributed by atoms with van der Waals surface area (Å²) in [6.45, 7) is 0. The fraction of sp³-hybridized carbons (Fsp3) is 0.176. The molecule has 2 aromatic carbocycles. The van der Waals surface area contributed by atoms with Gasteiger partial charge in [0.2, 0.25) is 11.8 Å². The molecule has 26 heavy (non-hydrogen) atoms. The molecule has 2 N–H and O–H groups in total. The Balaban J connectivity index is 1.67. The van der Waals surface area contributed by atoms with Crippen LogP contribution in [0.4, 0.5) is 24.5 Å². The van der Waals surface area contributed by atoms with Gasteiger partial charge in [0.15, 0.2) is 0 Å². The SMILES string of the molecule is O=C(CC1Sc2ccc(Cl)cc2NC1=O)Nc1cccc(C(F)(F)F)c1. The molecule has 0 aromatic heterocycles. The number of anilines is 2. The van der Waals surface area contributed by atoms with Crippen LogP contribution in [0.5, 0.6) is 0 Å². The number of carbonyl (C=O) groups excluding carboxylic acids is 2. The van der Waals surface area contributed by atoms with Crippen LogP contribution in [-0.4, -0.2) is 17.1 Å². The van der Waals surface area contributed by atoms with E-state index in [1.54, 1.807) is 18.2 Å². The molecule has 0 saturated heterocycles. The fourth-order valence-corrected chi connectivity index (χ4v) is 3.67. The van der Waals surface area contributed by atoms with Crippen molar-refractivity contribution in [2.45, 2.75) is 22.7 Å². The Bertz CT molecular complexity index is 873. The summed E-state index contributed by atoms with van der Waals surface area (Å²) in [5.74, 6) is -0.904. The van der Waals surface area contributed by atoms with Crippen molar-refractivity contribution in [3.63, 3.8) is 0 Å². The van der Waals surface area contributed by atoms with Crippen molar-refractivity contribution in [3.8, 4) is 0 Å². The van der Waals surface area contributed by atoms with Gasteiger partial charge in [0.25, 0.3) is 0 Å². The number of hydrogen-bond donors (Lipinski definition) is 2. The van der Waals surface area contributed by atoms with Crippen LogP contribution in [0.25, 0.3) is 0 Å². The largest absolute Gasteiger partial charge is 0.416 e. The van der Waals surface area contributed by atoms with Crippen molar-refractivity contribution in [2.24, 2.45) is 0 Å².